The van der Waals surface area contributed by atoms with Crippen LogP contribution >= 0.6 is 23.2 Å². The highest BCUT2D eigenvalue weighted by molar-refractivity contribution is 6.35. The number of benzene rings is 2. The number of methoxy groups -OCH3 is 3. The molecule has 29 heavy (non-hydrogen) atoms. The topological polar surface area (TPSA) is 66.4 Å². The third-order valence-corrected chi connectivity index (χ3v) is 4.59. The highest BCUT2D eigenvalue weighted by atomic mass is 35.5. The number of halogens is 2. The molecule has 0 spiro atoms. The molecule has 0 aromatic heterocycles. The molecule has 1 aliphatic heterocycles. The average molecular weight is 434 g/mol. The first-order valence-electron chi connectivity index (χ1n) is 8.41. The van der Waals surface area contributed by atoms with Crippen molar-refractivity contribution < 1.29 is 23.7 Å². The van der Waals surface area contributed by atoms with Gasteiger partial charge in [-0.25, -0.2) is 9.79 Å². The number of ether oxygens (including phenoxy) is 4. The van der Waals surface area contributed by atoms with Crippen molar-refractivity contribution in [3.05, 3.63) is 63.3 Å². The number of aliphatic imine (C=N–C) groups is 1. The first-order valence-corrected chi connectivity index (χ1v) is 9.17. The van der Waals surface area contributed by atoms with Crippen molar-refractivity contribution in [2.75, 3.05) is 21.3 Å². The Kier molecular flexibility index (Phi) is 6.46. The minimum absolute atomic E-state index is 0.123. The zero-order valence-electron chi connectivity index (χ0n) is 15.9. The zero-order valence-corrected chi connectivity index (χ0v) is 17.4. The van der Waals surface area contributed by atoms with Gasteiger partial charge < -0.3 is 18.9 Å². The van der Waals surface area contributed by atoms with Crippen LogP contribution in [0.25, 0.3) is 12.2 Å². The second kappa shape index (κ2) is 9.03. The van der Waals surface area contributed by atoms with Gasteiger partial charge in [-0.3, -0.25) is 0 Å². The third kappa shape index (κ3) is 4.55. The van der Waals surface area contributed by atoms with Crippen LogP contribution in [0.2, 0.25) is 10.0 Å². The molecule has 0 amide bonds. The molecule has 150 valence electrons. The highest BCUT2D eigenvalue weighted by Crippen LogP contribution is 2.40. The smallest absolute Gasteiger partial charge is 0.363 e. The molecule has 0 aliphatic carbocycles. The SMILES string of the molecule is COc1ccc(/C=C2N=C(/C=C/c3ccc(Cl)cc3Cl)OC\2=O)c(OC)c1OC. The Morgan fingerprint density at radius 2 is 1.66 bits per heavy atom. The molecule has 0 radical (unpaired) electrons. The number of rotatable bonds is 6. The minimum atomic E-state index is -0.580. The van der Waals surface area contributed by atoms with E-state index >= 15 is 0 Å². The van der Waals surface area contributed by atoms with Gasteiger partial charge in [0.15, 0.2) is 17.2 Å². The van der Waals surface area contributed by atoms with Gasteiger partial charge in [-0.2, -0.15) is 0 Å². The molecule has 3 rings (SSSR count). The molecule has 6 nitrogen and oxygen atoms in total. The van der Waals surface area contributed by atoms with Gasteiger partial charge >= 0.3 is 5.97 Å². The summed E-state index contributed by atoms with van der Waals surface area (Å²) in [6.07, 6.45) is 4.80. The summed E-state index contributed by atoms with van der Waals surface area (Å²) < 4.78 is 21.2. The summed E-state index contributed by atoms with van der Waals surface area (Å²) in [4.78, 5) is 16.4. The van der Waals surface area contributed by atoms with Crippen molar-refractivity contribution >= 4 is 47.2 Å². The van der Waals surface area contributed by atoms with E-state index in [9.17, 15) is 4.79 Å². The van der Waals surface area contributed by atoms with Crippen LogP contribution in [0.5, 0.6) is 17.2 Å². The fraction of sp³-hybridized carbons (Fsp3) is 0.143. The number of hydrogen-bond acceptors (Lipinski definition) is 6. The van der Waals surface area contributed by atoms with Crippen LogP contribution in [-0.4, -0.2) is 33.2 Å². The summed E-state index contributed by atoms with van der Waals surface area (Å²) in [5, 5.41) is 1.01. The number of carbonyl (C=O) groups is 1. The molecular weight excluding hydrogens is 417 g/mol. The molecular formula is C21H17Cl2NO5. The van der Waals surface area contributed by atoms with Crippen LogP contribution in [0.15, 0.2) is 47.1 Å². The van der Waals surface area contributed by atoms with E-state index in [-0.39, 0.29) is 11.6 Å². The monoisotopic (exact) mass is 433 g/mol. The predicted molar refractivity (Wildman–Crippen MR) is 113 cm³/mol. The van der Waals surface area contributed by atoms with Gasteiger partial charge in [0.1, 0.15) is 0 Å². The first kappa shape index (κ1) is 20.8. The molecule has 2 aromatic rings. The maximum Gasteiger partial charge on any atom is 0.363 e. The molecule has 1 heterocycles. The summed E-state index contributed by atoms with van der Waals surface area (Å²) in [6.45, 7) is 0. The highest BCUT2D eigenvalue weighted by Gasteiger charge is 2.23. The summed E-state index contributed by atoms with van der Waals surface area (Å²) in [5.41, 5.74) is 1.43. The Morgan fingerprint density at radius 1 is 0.931 bits per heavy atom. The van der Waals surface area contributed by atoms with E-state index in [1.807, 2.05) is 0 Å². The molecule has 1 aliphatic rings. The van der Waals surface area contributed by atoms with Gasteiger partial charge in [-0.1, -0.05) is 29.3 Å². The Hall–Kier alpha value is -2.96. The van der Waals surface area contributed by atoms with E-state index < -0.39 is 5.97 Å². The van der Waals surface area contributed by atoms with Gasteiger partial charge in [-0.05, 0) is 42.0 Å². The second-order valence-electron chi connectivity index (χ2n) is 5.79. The lowest BCUT2D eigenvalue weighted by molar-refractivity contribution is -0.129. The lowest BCUT2D eigenvalue weighted by Crippen LogP contribution is -2.01. The molecule has 0 saturated heterocycles. The molecule has 0 atom stereocenters. The van der Waals surface area contributed by atoms with Gasteiger partial charge in [0.05, 0.1) is 21.3 Å². The standard InChI is InChI=1S/C21H17Cl2NO5/c1-26-17-8-5-13(19(27-2)20(17)28-3)10-16-21(25)29-18(24-16)9-6-12-4-7-14(22)11-15(12)23/h4-11H,1-3H3/b9-6+,16-10-. The number of hydrogen-bond donors (Lipinski definition) is 0. The fourth-order valence-electron chi connectivity index (χ4n) is 2.68. The van der Waals surface area contributed by atoms with E-state index in [4.69, 9.17) is 42.1 Å². The Morgan fingerprint density at radius 3 is 2.31 bits per heavy atom. The summed E-state index contributed by atoms with van der Waals surface area (Å²) >= 11 is 12.0. The van der Waals surface area contributed by atoms with Crippen molar-refractivity contribution in [1.82, 2.24) is 0 Å². The summed E-state index contributed by atoms with van der Waals surface area (Å²) in [7, 11) is 4.53. The van der Waals surface area contributed by atoms with Crippen LogP contribution in [0, 0.1) is 0 Å². The lowest BCUT2D eigenvalue weighted by atomic mass is 10.1. The second-order valence-corrected chi connectivity index (χ2v) is 6.64. The molecule has 8 heteroatoms. The van der Waals surface area contributed by atoms with Crippen LogP contribution in [-0.2, 0) is 9.53 Å². The predicted octanol–water partition coefficient (Wildman–Crippen LogP) is 5.03. The normalized spacial score (nSPS) is 14.9. The fourth-order valence-corrected chi connectivity index (χ4v) is 3.15. The van der Waals surface area contributed by atoms with Gasteiger partial charge in [0.25, 0.3) is 0 Å². The Labute approximate surface area is 178 Å². The third-order valence-electron chi connectivity index (χ3n) is 4.03. The maximum absolute atomic E-state index is 12.2. The van der Waals surface area contributed by atoms with Crippen LogP contribution < -0.4 is 14.2 Å². The van der Waals surface area contributed by atoms with E-state index in [0.717, 1.165) is 0 Å². The molecule has 0 bridgehead atoms. The van der Waals surface area contributed by atoms with Gasteiger partial charge in [-0.15, -0.1) is 0 Å². The Bertz CT molecular complexity index is 1040. The molecule has 0 unspecified atom stereocenters. The van der Waals surface area contributed by atoms with Crippen molar-refractivity contribution in [2.24, 2.45) is 4.99 Å². The molecule has 2 aromatic carbocycles. The Balaban J connectivity index is 1.92. The maximum atomic E-state index is 12.2. The minimum Gasteiger partial charge on any atom is -0.493 e. The van der Waals surface area contributed by atoms with Crippen molar-refractivity contribution in [3.63, 3.8) is 0 Å². The molecule has 0 N–H and O–H groups in total. The first-order chi connectivity index (χ1) is 14.0. The van der Waals surface area contributed by atoms with E-state index in [1.165, 1.54) is 21.3 Å². The van der Waals surface area contributed by atoms with Crippen molar-refractivity contribution in [1.29, 1.82) is 0 Å². The quantitative estimate of drug-likeness (QED) is 0.472. The number of cyclic esters (lactones) is 1. The zero-order chi connectivity index (χ0) is 21.0. The van der Waals surface area contributed by atoms with Gasteiger partial charge in [0, 0.05) is 21.7 Å². The summed E-state index contributed by atoms with van der Waals surface area (Å²) in [6, 6.07) is 8.53. The van der Waals surface area contributed by atoms with E-state index in [0.29, 0.717) is 38.4 Å². The van der Waals surface area contributed by atoms with Crippen molar-refractivity contribution in [2.45, 2.75) is 0 Å². The largest absolute Gasteiger partial charge is 0.493 e. The summed E-state index contributed by atoms with van der Waals surface area (Å²) in [5.74, 6) is 0.902. The lowest BCUT2D eigenvalue weighted by Gasteiger charge is -2.14. The van der Waals surface area contributed by atoms with E-state index in [1.54, 1.807) is 48.6 Å². The van der Waals surface area contributed by atoms with Crippen LogP contribution in [0.4, 0.5) is 0 Å². The number of esters is 1. The van der Waals surface area contributed by atoms with Crippen molar-refractivity contribution in [3.8, 4) is 17.2 Å². The molecule has 0 saturated carbocycles. The van der Waals surface area contributed by atoms with Gasteiger partial charge in [0.2, 0.25) is 11.6 Å². The van der Waals surface area contributed by atoms with Crippen LogP contribution in [0.1, 0.15) is 11.1 Å². The molecule has 0 fully saturated rings. The van der Waals surface area contributed by atoms with Crippen LogP contribution in [0.3, 0.4) is 0 Å². The number of carbonyl (C=O) groups excluding carboxylic acids is 1. The van der Waals surface area contributed by atoms with E-state index in [2.05, 4.69) is 4.99 Å². The number of nitrogens with zero attached hydrogens (tertiary/aromatic N) is 1. The average Bonchev–Trinajstić information content (AvgIpc) is 3.06.